The van der Waals surface area contributed by atoms with Gasteiger partial charge in [-0.3, -0.25) is 0 Å². The number of hydrogen-bond donors (Lipinski definition) is 1. The minimum atomic E-state index is -3.69. The first-order valence-electron chi connectivity index (χ1n) is 4.52. The van der Waals surface area contributed by atoms with Crippen LogP contribution in [-0.4, -0.2) is 22.1 Å². The monoisotopic (exact) mass is 240 g/mol. The molecule has 1 aromatic rings. The van der Waals surface area contributed by atoms with Gasteiger partial charge < -0.3 is 4.74 Å². The summed E-state index contributed by atoms with van der Waals surface area (Å²) in [5.41, 5.74) is 0.804. The van der Waals surface area contributed by atoms with Crippen LogP contribution >= 0.6 is 0 Å². The van der Waals surface area contributed by atoms with Crippen LogP contribution in [0.1, 0.15) is 5.56 Å². The Morgan fingerprint density at radius 1 is 1.50 bits per heavy atom. The standard InChI is InChI=1S/C10H12N2O3S/c1-8-3-4-9(15-2)10(7-8)16(13,14)12-6-5-11/h3-4,7,12H,6H2,1-2H3. The molecule has 0 aliphatic heterocycles. The Hall–Kier alpha value is -1.58. The third-order valence-electron chi connectivity index (χ3n) is 1.95. The minimum Gasteiger partial charge on any atom is -0.495 e. The molecule has 0 bridgehead atoms. The van der Waals surface area contributed by atoms with Crippen molar-refractivity contribution < 1.29 is 13.2 Å². The van der Waals surface area contributed by atoms with Crippen molar-refractivity contribution in [2.24, 2.45) is 0 Å². The van der Waals surface area contributed by atoms with Gasteiger partial charge in [0.25, 0.3) is 0 Å². The Bertz CT molecular complexity index is 517. The number of nitrogens with one attached hydrogen (secondary N) is 1. The Morgan fingerprint density at radius 2 is 2.19 bits per heavy atom. The Balaban J connectivity index is 3.21. The van der Waals surface area contributed by atoms with E-state index in [2.05, 4.69) is 4.72 Å². The number of nitriles is 1. The molecule has 0 unspecified atom stereocenters. The number of sulfonamides is 1. The molecular formula is C10H12N2O3S. The summed E-state index contributed by atoms with van der Waals surface area (Å²) < 4.78 is 30.7. The average molecular weight is 240 g/mol. The largest absolute Gasteiger partial charge is 0.495 e. The van der Waals surface area contributed by atoms with Crippen molar-refractivity contribution in [3.8, 4) is 11.8 Å². The van der Waals surface area contributed by atoms with Gasteiger partial charge in [-0.1, -0.05) is 6.07 Å². The highest BCUT2D eigenvalue weighted by Crippen LogP contribution is 2.24. The van der Waals surface area contributed by atoms with Gasteiger partial charge >= 0.3 is 0 Å². The number of rotatable bonds is 4. The molecule has 0 saturated heterocycles. The van der Waals surface area contributed by atoms with Crippen LogP contribution in [0.2, 0.25) is 0 Å². The summed E-state index contributed by atoms with van der Waals surface area (Å²) in [5, 5.41) is 8.35. The summed E-state index contributed by atoms with van der Waals surface area (Å²) in [7, 11) is -2.29. The maximum absolute atomic E-state index is 11.8. The number of aryl methyl sites for hydroxylation is 1. The fraction of sp³-hybridized carbons (Fsp3) is 0.300. The zero-order valence-corrected chi connectivity index (χ0v) is 9.84. The number of hydrogen-bond acceptors (Lipinski definition) is 4. The van der Waals surface area contributed by atoms with Crippen LogP contribution in [0.4, 0.5) is 0 Å². The molecule has 86 valence electrons. The third kappa shape index (κ3) is 2.72. The molecule has 0 spiro atoms. The topological polar surface area (TPSA) is 79.2 Å². The molecule has 1 aromatic carbocycles. The van der Waals surface area contributed by atoms with E-state index in [1.54, 1.807) is 25.1 Å². The van der Waals surface area contributed by atoms with Gasteiger partial charge in [-0.2, -0.15) is 9.98 Å². The number of ether oxygens (including phenoxy) is 1. The van der Waals surface area contributed by atoms with Crippen molar-refractivity contribution >= 4 is 10.0 Å². The van der Waals surface area contributed by atoms with Gasteiger partial charge in [-0.15, -0.1) is 0 Å². The van der Waals surface area contributed by atoms with Crippen molar-refractivity contribution in [2.45, 2.75) is 11.8 Å². The van der Waals surface area contributed by atoms with E-state index in [9.17, 15) is 8.42 Å². The van der Waals surface area contributed by atoms with Crippen molar-refractivity contribution in [1.82, 2.24) is 4.72 Å². The van der Waals surface area contributed by atoms with Crippen LogP contribution in [-0.2, 0) is 10.0 Å². The van der Waals surface area contributed by atoms with Gasteiger partial charge in [0.05, 0.1) is 19.7 Å². The van der Waals surface area contributed by atoms with Gasteiger partial charge in [0.15, 0.2) is 0 Å². The van der Waals surface area contributed by atoms with Crippen LogP contribution in [0.25, 0.3) is 0 Å². The predicted molar refractivity (Wildman–Crippen MR) is 58.5 cm³/mol. The average Bonchev–Trinajstić information content (AvgIpc) is 2.26. The van der Waals surface area contributed by atoms with Gasteiger partial charge in [-0.25, -0.2) is 8.42 Å². The van der Waals surface area contributed by atoms with Gasteiger partial charge in [0.1, 0.15) is 10.6 Å². The normalized spacial score (nSPS) is 10.8. The highest BCUT2D eigenvalue weighted by molar-refractivity contribution is 7.89. The van der Waals surface area contributed by atoms with Crippen molar-refractivity contribution in [3.63, 3.8) is 0 Å². The van der Waals surface area contributed by atoms with Crippen molar-refractivity contribution in [2.75, 3.05) is 13.7 Å². The van der Waals surface area contributed by atoms with E-state index >= 15 is 0 Å². The minimum absolute atomic E-state index is 0.0465. The highest BCUT2D eigenvalue weighted by atomic mass is 32.2. The Labute approximate surface area is 94.7 Å². The highest BCUT2D eigenvalue weighted by Gasteiger charge is 2.18. The SMILES string of the molecule is COc1ccc(C)cc1S(=O)(=O)NCC#N. The van der Waals surface area contributed by atoms with E-state index in [1.165, 1.54) is 13.2 Å². The quantitative estimate of drug-likeness (QED) is 0.790. The molecular weight excluding hydrogens is 228 g/mol. The Morgan fingerprint density at radius 3 is 2.75 bits per heavy atom. The molecule has 1 N–H and O–H groups in total. The molecule has 0 fully saturated rings. The molecule has 0 radical (unpaired) electrons. The van der Waals surface area contributed by atoms with Crippen molar-refractivity contribution in [3.05, 3.63) is 23.8 Å². The van der Waals surface area contributed by atoms with Gasteiger partial charge in [0.2, 0.25) is 10.0 Å². The molecule has 0 aromatic heterocycles. The second-order valence-corrected chi connectivity index (χ2v) is 4.87. The lowest BCUT2D eigenvalue weighted by molar-refractivity contribution is 0.402. The predicted octanol–water partition coefficient (Wildman–Crippen LogP) is 0.806. The first-order valence-corrected chi connectivity index (χ1v) is 6.01. The maximum Gasteiger partial charge on any atom is 0.245 e. The van der Waals surface area contributed by atoms with Crippen LogP contribution in [0, 0.1) is 18.3 Å². The molecule has 0 heterocycles. The summed E-state index contributed by atoms with van der Waals surface area (Å²) in [5.74, 6) is 0.260. The number of nitrogens with zero attached hydrogens (tertiary/aromatic N) is 1. The fourth-order valence-electron chi connectivity index (χ4n) is 1.20. The van der Waals surface area contributed by atoms with E-state index in [4.69, 9.17) is 10.00 Å². The Kier molecular flexibility index (Phi) is 3.88. The third-order valence-corrected chi connectivity index (χ3v) is 3.37. The second kappa shape index (κ2) is 4.96. The van der Waals surface area contributed by atoms with Crippen LogP contribution < -0.4 is 9.46 Å². The van der Waals surface area contributed by atoms with Crippen LogP contribution in [0.15, 0.2) is 23.1 Å². The zero-order valence-electron chi connectivity index (χ0n) is 9.02. The number of benzene rings is 1. The summed E-state index contributed by atoms with van der Waals surface area (Å²) in [4.78, 5) is 0.0465. The molecule has 0 atom stereocenters. The van der Waals surface area contributed by atoms with Crippen molar-refractivity contribution in [1.29, 1.82) is 5.26 Å². The summed E-state index contributed by atoms with van der Waals surface area (Å²) in [6, 6.07) is 6.54. The molecule has 6 heteroatoms. The molecule has 1 rings (SSSR count). The molecule has 0 aliphatic rings. The van der Waals surface area contributed by atoms with Gasteiger partial charge in [0, 0.05) is 0 Å². The summed E-state index contributed by atoms with van der Waals surface area (Å²) in [6.07, 6.45) is 0. The lowest BCUT2D eigenvalue weighted by Crippen LogP contribution is -2.24. The number of methoxy groups -OCH3 is 1. The first-order chi connectivity index (χ1) is 7.51. The van der Waals surface area contributed by atoms with E-state index in [1.807, 2.05) is 0 Å². The van der Waals surface area contributed by atoms with Crippen LogP contribution in [0.5, 0.6) is 5.75 Å². The van der Waals surface area contributed by atoms with E-state index < -0.39 is 10.0 Å². The molecule has 0 amide bonds. The van der Waals surface area contributed by atoms with Gasteiger partial charge in [-0.05, 0) is 24.6 Å². The van der Waals surface area contributed by atoms with E-state index in [-0.39, 0.29) is 17.2 Å². The molecule has 5 nitrogen and oxygen atoms in total. The zero-order chi connectivity index (χ0) is 12.2. The molecule has 16 heavy (non-hydrogen) atoms. The lowest BCUT2D eigenvalue weighted by Gasteiger charge is -2.09. The second-order valence-electron chi connectivity index (χ2n) is 3.14. The van der Waals surface area contributed by atoms with E-state index in [0.29, 0.717) is 0 Å². The molecule has 0 saturated carbocycles. The molecule has 0 aliphatic carbocycles. The maximum atomic E-state index is 11.8. The first kappa shape index (κ1) is 12.5. The summed E-state index contributed by atoms with van der Waals surface area (Å²) >= 11 is 0. The van der Waals surface area contributed by atoms with Crippen LogP contribution in [0.3, 0.4) is 0 Å². The lowest BCUT2D eigenvalue weighted by atomic mass is 10.2. The van der Waals surface area contributed by atoms with E-state index in [0.717, 1.165) is 5.56 Å². The summed E-state index contributed by atoms with van der Waals surface area (Å²) in [6.45, 7) is 1.52. The fourth-order valence-corrected chi connectivity index (χ4v) is 2.37. The smallest absolute Gasteiger partial charge is 0.245 e.